The summed E-state index contributed by atoms with van der Waals surface area (Å²) in [6.45, 7) is 0.440. The molecule has 0 unspecified atom stereocenters. The van der Waals surface area contributed by atoms with Crippen molar-refractivity contribution in [2.24, 2.45) is 0 Å². The fourth-order valence-corrected chi connectivity index (χ4v) is 2.22. The zero-order valence-electron chi connectivity index (χ0n) is 9.01. The van der Waals surface area contributed by atoms with Crippen LogP contribution in [0, 0.1) is 3.57 Å². The number of hydrogen-bond donors (Lipinski definition) is 1. The highest BCUT2D eigenvalue weighted by Gasteiger charge is 2.09. The Morgan fingerprint density at radius 2 is 2.18 bits per heavy atom. The van der Waals surface area contributed by atoms with Gasteiger partial charge in [-0.2, -0.15) is 0 Å². The van der Waals surface area contributed by atoms with Gasteiger partial charge >= 0.3 is 5.97 Å². The molecular weight excluding hydrogens is 331 g/mol. The van der Waals surface area contributed by atoms with E-state index in [2.05, 4.69) is 27.6 Å². The molecule has 0 atom stereocenters. The van der Waals surface area contributed by atoms with Crippen molar-refractivity contribution in [2.75, 3.05) is 0 Å². The highest BCUT2D eigenvalue weighted by molar-refractivity contribution is 14.1. The number of halogens is 1. The molecule has 0 spiro atoms. The highest BCUT2D eigenvalue weighted by Crippen LogP contribution is 2.23. The molecule has 4 nitrogen and oxygen atoms in total. The van der Waals surface area contributed by atoms with E-state index in [9.17, 15) is 4.79 Å². The van der Waals surface area contributed by atoms with Crippen LogP contribution in [-0.2, 0) is 11.3 Å². The molecule has 0 radical (unpaired) electrons. The van der Waals surface area contributed by atoms with Crippen LogP contribution < -0.4 is 0 Å². The minimum atomic E-state index is -0.799. The van der Waals surface area contributed by atoms with E-state index in [1.54, 1.807) is 12.4 Å². The summed E-state index contributed by atoms with van der Waals surface area (Å²) in [6.07, 6.45) is 3.61. The molecule has 0 saturated carbocycles. The van der Waals surface area contributed by atoms with Crippen molar-refractivity contribution >= 4 is 28.6 Å². The summed E-state index contributed by atoms with van der Waals surface area (Å²) in [5.41, 5.74) is 1.03. The molecule has 0 aliphatic rings. The number of rotatable bonds is 4. The summed E-state index contributed by atoms with van der Waals surface area (Å²) in [7, 11) is 0. The number of hydrogen-bond acceptors (Lipinski definition) is 2. The van der Waals surface area contributed by atoms with Gasteiger partial charge < -0.3 is 9.67 Å². The Hall–Kier alpha value is -1.37. The first-order valence-electron chi connectivity index (χ1n) is 5.16. The third-order valence-electron chi connectivity index (χ3n) is 2.40. The Balaban J connectivity index is 2.31. The lowest BCUT2D eigenvalue weighted by atomic mass is 10.2. The minimum Gasteiger partial charge on any atom is -0.481 e. The van der Waals surface area contributed by atoms with Gasteiger partial charge in [-0.3, -0.25) is 4.79 Å². The van der Waals surface area contributed by atoms with E-state index >= 15 is 0 Å². The molecule has 0 bridgehead atoms. The zero-order chi connectivity index (χ0) is 12.3. The monoisotopic (exact) mass is 342 g/mol. The first-order chi connectivity index (χ1) is 8.18. The Morgan fingerprint density at radius 1 is 1.41 bits per heavy atom. The SMILES string of the molecule is O=C(O)CCn1ccnc1-c1ccccc1I. The van der Waals surface area contributed by atoms with Crippen molar-refractivity contribution in [3.8, 4) is 11.4 Å². The van der Waals surface area contributed by atoms with E-state index in [1.165, 1.54) is 0 Å². The lowest BCUT2D eigenvalue weighted by molar-refractivity contribution is -0.137. The van der Waals surface area contributed by atoms with Crippen LogP contribution in [0.25, 0.3) is 11.4 Å². The summed E-state index contributed by atoms with van der Waals surface area (Å²) >= 11 is 2.25. The maximum atomic E-state index is 10.6. The predicted molar refractivity (Wildman–Crippen MR) is 72.6 cm³/mol. The molecule has 0 amide bonds. The molecule has 0 fully saturated rings. The van der Waals surface area contributed by atoms with E-state index in [0.29, 0.717) is 6.54 Å². The number of aliphatic carboxylic acids is 1. The van der Waals surface area contributed by atoms with Crippen LogP contribution in [0.2, 0.25) is 0 Å². The third kappa shape index (κ3) is 2.85. The number of carboxylic acids is 1. The lowest BCUT2D eigenvalue weighted by Gasteiger charge is -2.07. The minimum absolute atomic E-state index is 0.104. The largest absolute Gasteiger partial charge is 0.481 e. The van der Waals surface area contributed by atoms with Gasteiger partial charge in [0, 0.05) is 28.1 Å². The fraction of sp³-hybridized carbons (Fsp3) is 0.167. The summed E-state index contributed by atoms with van der Waals surface area (Å²) in [6, 6.07) is 7.91. The molecule has 1 aromatic heterocycles. The lowest BCUT2D eigenvalue weighted by Crippen LogP contribution is -2.05. The molecule has 0 aliphatic carbocycles. The van der Waals surface area contributed by atoms with E-state index in [1.807, 2.05) is 28.8 Å². The molecule has 2 rings (SSSR count). The van der Waals surface area contributed by atoms with E-state index in [0.717, 1.165) is 15.0 Å². The average Bonchev–Trinajstić information content (AvgIpc) is 2.75. The Morgan fingerprint density at radius 3 is 2.88 bits per heavy atom. The first kappa shape index (κ1) is 12.1. The molecule has 88 valence electrons. The molecule has 5 heteroatoms. The molecular formula is C12H11IN2O2. The van der Waals surface area contributed by atoms with Crippen LogP contribution in [0.3, 0.4) is 0 Å². The van der Waals surface area contributed by atoms with Gasteiger partial charge in [0.15, 0.2) is 0 Å². The average molecular weight is 342 g/mol. The standard InChI is InChI=1S/C12H11IN2O2/c13-10-4-2-1-3-9(10)12-14-6-8-15(12)7-5-11(16)17/h1-4,6,8H,5,7H2,(H,16,17). The van der Waals surface area contributed by atoms with Crippen molar-refractivity contribution in [1.82, 2.24) is 9.55 Å². The fourth-order valence-electron chi connectivity index (χ4n) is 1.59. The highest BCUT2D eigenvalue weighted by atomic mass is 127. The van der Waals surface area contributed by atoms with E-state index in [-0.39, 0.29) is 6.42 Å². The van der Waals surface area contributed by atoms with Crippen molar-refractivity contribution in [3.63, 3.8) is 0 Å². The number of aryl methyl sites for hydroxylation is 1. The maximum absolute atomic E-state index is 10.6. The summed E-state index contributed by atoms with van der Waals surface area (Å²) < 4.78 is 2.97. The van der Waals surface area contributed by atoms with Gasteiger partial charge in [-0.1, -0.05) is 18.2 Å². The van der Waals surface area contributed by atoms with Gasteiger partial charge in [-0.15, -0.1) is 0 Å². The van der Waals surface area contributed by atoms with Crippen molar-refractivity contribution in [1.29, 1.82) is 0 Å². The number of nitrogens with zero attached hydrogens (tertiary/aromatic N) is 2. The smallest absolute Gasteiger partial charge is 0.305 e. The molecule has 0 aliphatic heterocycles. The topological polar surface area (TPSA) is 55.1 Å². The van der Waals surface area contributed by atoms with Crippen LogP contribution >= 0.6 is 22.6 Å². The van der Waals surface area contributed by atoms with Crippen LogP contribution in [0.1, 0.15) is 6.42 Å². The number of aromatic nitrogens is 2. The molecule has 1 heterocycles. The van der Waals surface area contributed by atoms with Crippen molar-refractivity contribution in [2.45, 2.75) is 13.0 Å². The molecule has 2 aromatic rings. The van der Waals surface area contributed by atoms with Crippen LogP contribution in [0.15, 0.2) is 36.7 Å². The van der Waals surface area contributed by atoms with E-state index < -0.39 is 5.97 Å². The van der Waals surface area contributed by atoms with Crippen LogP contribution in [0.4, 0.5) is 0 Å². The second-order valence-corrected chi connectivity index (χ2v) is 4.73. The number of benzene rings is 1. The van der Waals surface area contributed by atoms with Crippen LogP contribution in [-0.4, -0.2) is 20.6 Å². The quantitative estimate of drug-likeness (QED) is 0.869. The number of carbonyl (C=O) groups is 1. The van der Waals surface area contributed by atoms with Gasteiger partial charge in [0.25, 0.3) is 0 Å². The Labute approximate surface area is 112 Å². The molecule has 0 saturated heterocycles. The summed E-state index contributed by atoms with van der Waals surface area (Å²) in [4.78, 5) is 14.9. The van der Waals surface area contributed by atoms with Gasteiger partial charge in [0.05, 0.1) is 6.42 Å². The van der Waals surface area contributed by atoms with Crippen molar-refractivity contribution in [3.05, 3.63) is 40.2 Å². The van der Waals surface area contributed by atoms with Crippen molar-refractivity contribution < 1.29 is 9.90 Å². The summed E-state index contributed by atoms with van der Waals surface area (Å²) in [5, 5.41) is 8.69. The second kappa shape index (κ2) is 5.31. The predicted octanol–water partition coefficient (Wildman–Crippen LogP) is 2.63. The van der Waals surface area contributed by atoms with Crippen LogP contribution in [0.5, 0.6) is 0 Å². The Kier molecular flexibility index (Phi) is 3.78. The van der Waals surface area contributed by atoms with Gasteiger partial charge in [-0.25, -0.2) is 4.98 Å². The van der Waals surface area contributed by atoms with Gasteiger partial charge in [-0.05, 0) is 28.7 Å². The zero-order valence-corrected chi connectivity index (χ0v) is 11.2. The van der Waals surface area contributed by atoms with Gasteiger partial charge in [0.2, 0.25) is 0 Å². The molecule has 17 heavy (non-hydrogen) atoms. The molecule has 1 aromatic carbocycles. The molecule has 1 N–H and O–H groups in total. The first-order valence-corrected chi connectivity index (χ1v) is 6.24. The Bertz CT molecular complexity index is 537. The summed E-state index contributed by atoms with van der Waals surface area (Å²) in [5.74, 6) is 0.0173. The second-order valence-electron chi connectivity index (χ2n) is 3.57. The number of carboxylic acid groups (broad SMARTS) is 1. The third-order valence-corrected chi connectivity index (χ3v) is 3.34. The maximum Gasteiger partial charge on any atom is 0.305 e. The van der Waals surface area contributed by atoms with Gasteiger partial charge in [0.1, 0.15) is 5.82 Å². The van der Waals surface area contributed by atoms with E-state index in [4.69, 9.17) is 5.11 Å². The number of imidazole rings is 1. The normalized spacial score (nSPS) is 10.4.